The number of carbonyl (C=O) groups excluding carboxylic acids is 2. The van der Waals surface area contributed by atoms with Gasteiger partial charge in [0.1, 0.15) is 0 Å². The fourth-order valence-electron chi connectivity index (χ4n) is 3.20. The van der Waals surface area contributed by atoms with E-state index in [9.17, 15) is 22.8 Å². The minimum absolute atomic E-state index is 0.0609. The summed E-state index contributed by atoms with van der Waals surface area (Å²) in [5.41, 5.74) is 4.36. The molecule has 0 spiro atoms. The van der Waals surface area contributed by atoms with E-state index in [4.69, 9.17) is 10.3 Å². The van der Waals surface area contributed by atoms with Gasteiger partial charge in [-0.3, -0.25) is 19.9 Å². The van der Waals surface area contributed by atoms with Crippen LogP contribution in [0.4, 0.5) is 18.0 Å². The van der Waals surface area contributed by atoms with Crippen molar-refractivity contribution in [2.45, 2.75) is 19.1 Å². The molecule has 162 valence electrons. The molecule has 12 heteroatoms. The summed E-state index contributed by atoms with van der Waals surface area (Å²) in [6.07, 6.45) is -4.45. The molecule has 0 radical (unpaired) electrons. The number of hydrogen-bond acceptors (Lipinski definition) is 7. The summed E-state index contributed by atoms with van der Waals surface area (Å²) >= 11 is 0. The normalized spacial score (nSPS) is 16.9. The zero-order valence-corrected chi connectivity index (χ0v) is 16.1. The molecule has 1 aromatic heterocycles. The zero-order valence-electron chi connectivity index (χ0n) is 16.1. The summed E-state index contributed by atoms with van der Waals surface area (Å²) < 4.78 is 44.0. The average Bonchev–Trinajstić information content (AvgIpc) is 3.17. The van der Waals surface area contributed by atoms with E-state index in [0.29, 0.717) is 32.1 Å². The number of alkyl halides is 3. The third kappa shape index (κ3) is 5.33. The van der Waals surface area contributed by atoms with Gasteiger partial charge in [-0.1, -0.05) is 17.3 Å². The SMILES string of the molecule is CC(c1nc(-c2cccc(C(F)(F)F)c2)no1)N1CCN(CC(=O)NC(N)=O)CC1. The highest BCUT2D eigenvalue weighted by Crippen LogP contribution is 2.32. The van der Waals surface area contributed by atoms with E-state index in [1.54, 1.807) is 0 Å². The maximum absolute atomic E-state index is 12.9. The minimum atomic E-state index is -4.45. The molecule has 1 atom stereocenters. The number of halogens is 3. The molecular formula is C18H21F3N6O3. The van der Waals surface area contributed by atoms with Crippen molar-refractivity contribution in [1.82, 2.24) is 25.3 Å². The number of carbonyl (C=O) groups is 2. The van der Waals surface area contributed by atoms with Crippen LogP contribution in [0.5, 0.6) is 0 Å². The molecule has 1 fully saturated rings. The highest BCUT2D eigenvalue weighted by molar-refractivity contribution is 5.94. The summed E-state index contributed by atoms with van der Waals surface area (Å²) in [7, 11) is 0. The van der Waals surface area contributed by atoms with Gasteiger partial charge in [0.2, 0.25) is 17.6 Å². The minimum Gasteiger partial charge on any atom is -0.351 e. The smallest absolute Gasteiger partial charge is 0.351 e. The lowest BCUT2D eigenvalue weighted by atomic mass is 10.1. The third-order valence-electron chi connectivity index (χ3n) is 4.83. The van der Waals surface area contributed by atoms with E-state index in [1.807, 2.05) is 17.1 Å². The molecular weight excluding hydrogens is 405 g/mol. The second kappa shape index (κ2) is 8.79. The molecule has 1 aromatic carbocycles. The summed E-state index contributed by atoms with van der Waals surface area (Å²) in [6.45, 7) is 4.28. The van der Waals surface area contributed by atoms with Crippen LogP contribution in [0.25, 0.3) is 11.4 Å². The molecule has 0 saturated carbocycles. The monoisotopic (exact) mass is 426 g/mol. The molecule has 1 aliphatic rings. The van der Waals surface area contributed by atoms with E-state index in [2.05, 4.69) is 15.0 Å². The standard InChI is InChI=1S/C18H21F3N6O3/c1-11(27-7-5-26(6-8-27)10-14(28)23-17(22)29)16-24-15(25-30-16)12-3-2-4-13(9-12)18(19,20)21/h2-4,9,11H,5-8,10H2,1H3,(H3,22,23,28,29). The molecule has 3 N–H and O–H groups in total. The molecule has 30 heavy (non-hydrogen) atoms. The Morgan fingerprint density at radius 2 is 1.97 bits per heavy atom. The molecule has 3 amide bonds. The molecule has 1 aliphatic heterocycles. The summed E-state index contributed by atoms with van der Waals surface area (Å²) in [5.74, 6) is -0.0846. The number of nitrogens with zero attached hydrogens (tertiary/aromatic N) is 4. The van der Waals surface area contributed by atoms with Crippen LogP contribution in [-0.2, 0) is 11.0 Å². The van der Waals surface area contributed by atoms with Crippen LogP contribution in [0, 0.1) is 0 Å². The number of piperazine rings is 1. The van der Waals surface area contributed by atoms with Crippen LogP contribution in [0.2, 0.25) is 0 Å². The highest BCUT2D eigenvalue weighted by Gasteiger charge is 2.31. The van der Waals surface area contributed by atoms with E-state index >= 15 is 0 Å². The fraction of sp³-hybridized carbons (Fsp3) is 0.444. The summed E-state index contributed by atoms with van der Waals surface area (Å²) in [5, 5.41) is 5.84. The van der Waals surface area contributed by atoms with Gasteiger partial charge in [0.15, 0.2) is 0 Å². The number of benzene rings is 1. The Balaban J connectivity index is 1.60. The van der Waals surface area contributed by atoms with Crippen molar-refractivity contribution in [3.05, 3.63) is 35.7 Å². The molecule has 0 aliphatic carbocycles. The first-order chi connectivity index (χ1) is 14.1. The van der Waals surface area contributed by atoms with Gasteiger partial charge in [-0.2, -0.15) is 18.2 Å². The van der Waals surface area contributed by atoms with Crippen LogP contribution in [0.15, 0.2) is 28.8 Å². The van der Waals surface area contributed by atoms with Gasteiger partial charge in [-0.25, -0.2) is 4.79 Å². The fourth-order valence-corrected chi connectivity index (χ4v) is 3.20. The van der Waals surface area contributed by atoms with Gasteiger partial charge in [0.25, 0.3) is 0 Å². The number of imide groups is 1. The van der Waals surface area contributed by atoms with Crippen LogP contribution < -0.4 is 11.1 Å². The summed E-state index contributed by atoms with van der Waals surface area (Å²) in [6, 6.07) is 3.61. The number of aromatic nitrogens is 2. The lowest BCUT2D eigenvalue weighted by molar-refractivity contribution is -0.137. The quantitative estimate of drug-likeness (QED) is 0.746. The van der Waals surface area contributed by atoms with Crippen molar-refractivity contribution in [2.24, 2.45) is 5.73 Å². The van der Waals surface area contributed by atoms with Gasteiger partial charge in [-0.05, 0) is 19.1 Å². The number of rotatable bonds is 5. The second-order valence-corrected chi connectivity index (χ2v) is 6.94. The Morgan fingerprint density at radius 1 is 1.27 bits per heavy atom. The first-order valence-corrected chi connectivity index (χ1v) is 9.20. The molecule has 2 heterocycles. The Hall–Kier alpha value is -2.99. The maximum atomic E-state index is 12.9. The molecule has 0 bridgehead atoms. The number of amides is 3. The summed E-state index contributed by atoms with van der Waals surface area (Å²) in [4.78, 5) is 30.5. The van der Waals surface area contributed by atoms with E-state index in [0.717, 1.165) is 12.1 Å². The number of urea groups is 1. The Labute approximate surface area is 170 Å². The van der Waals surface area contributed by atoms with Crippen LogP contribution in [-0.4, -0.2) is 64.6 Å². The van der Waals surface area contributed by atoms with Crippen molar-refractivity contribution >= 4 is 11.9 Å². The molecule has 2 aromatic rings. The number of hydrogen-bond donors (Lipinski definition) is 2. The molecule has 1 saturated heterocycles. The second-order valence-electron chi connectivity index (χ2n) is 6.94. The zero-order chi connectivity index (χ0) is 21.9. The third-order valence-corrected chi connectivity index (χ3v) is 4.83. The topological polar surface area (TPSA) is 118 Å². The van der Waals surface area contributed by atoms with Crippen molar-refractivity contribution in [1.29, 1.82) is 0 Å². The number of nitrogens with two attached hydrogens (primary N) is 1. The first-order valence-electron chi connectivity index (χ1n) is 9.20. The molecule has 1 unspecified atom stereocenters. The Morgan fingerprint density at radius 3 is 2.60 bits per heavy atom. The van der Waals surface area contributed by atoms with Gasteiger partial charge < -0.3 is 10.3 Å². The average molecular weight is 426 g/mol. The van der Waals surface area contributed by atoms with Gasteiger partial charge in [-0.15, -0.1) is 0 Å². The van der Waals surface area contributed by atoms with Gasteiger partial charge in [0, 0.05) is 31.7 Å². The predicted molar refractivity (Wildman–Crippen MR) is 98.9 cm³/mol. The Kier molecular flexibility index (Phi) is 6.37. The number of primary amides is 1. The predicted octanol–water partition coefficient (Wildman–Crippen LogP) is 1.63. The van der Waals surface area contributed by atoms with Gasteiger partial charge >= 0.3 is 12.2 Å². The lowest BCUT2D eigenvalue weighted by Gasteiger charge is -2.36. The van der Waals surface area contributed by atoms with Gasteiger partial charge in [0.05, 0.1) is 18.2 Å². The van der Waals surface area contributed by atoms with Crippen molar-refractivity contribution < 1.29 is 27.3 Å². The number of nitrogens with one attached hydrogen (secondary N) is 1. The molecule has 9 nitrogen and oxygen atoms in total. The molecule has 3 rings (SSSR count). The highest BCUT2D eigenvalue weighted by atomic mass is 19.4. The van der Waals surface area contributed by atoms with E-state index < -0.39 is 23.7 Å². The lowest BCUT2D eigenvalue weighted by Crippen LogP contribution is -2.51. The largest absolute Gasteiger partial charge is 0.416 e. The maximum Gasteiger partial charge on any atom is 0.416 e. The first kappa shape index (κ1) is 21.7. The Bertz CT molecular complexity index is 909. The van der Waals surface area contributed by atoms with Crippen molar-refractivity contribution in [3.8, 4) is 11.4 Å². The van der Waals surface area contributed by atoms with Crippen LogP contribution in [0.1, 0.15) is 24.4 Å². The van der Waals surface area contributed by atoms with Crippen molar-refractivity contribution in [2.75, 3.05) is 32.7 Å². The van der Waals surface area contributed by atoms with Crippen molar-refractivity contribution in [3.63, 3.8) is 0 Å². The van der Waals surface area contributed by atoms with E-state index in [1.165, 1.54) is 12.1 Å². The van der Waals surface area contributed by atoms with Crippen LogP contribution in [0.3, 0.4) is 0 Å². The van der Waals surface area contributed by atoms with Crippen LogP contribution >= 0.6 is 0 Å². The van der Waals surface area contributed by atoms with E-state index in [-0.39, 0.29) is 24.0 Å².